The number of carbonyl (C=O) groups is 2. The summed E-state index contributed by atoms with van der Waals surface area (Å²) in [4.78, 5) is 23.6. The van der Waals surface area contributed by atoms with Gasteiger partial charge in [-0.1, -0.05) is 19.1 Å². The van der Waals surface area contributed by atoms with Crippen LogP contribution in [0.4, 0.5) is 5.69 Å². The molecule has 2 aromatic rings. The molecule has 1 aliphatic heterocycles. The molecular formula is C19H21N3O5S. The first-order valence-electron chi connectivity index (χ1n) is 8.80. The average Bonchev–Trinajstić information content (AvgIpc) is 2.71. The quantitative estimate of drug-likeness (QED) is 0.753. The molecule has 28 heavy (non-hydrogen) atoms. The molecule has 1 aliphatic rings. The Hall–Kier alpha value is -3.07. The van der Waals surface area contributed by atoms with Gasteiger partial charge in [-0.3, -0.25) is 13.9 Å². The lowest BCUT2D eigenvalue weighted by Gasteiger charge is -2.34. The van der Waals surface area contributed by atoms with Gasteiger partial charge >= 0.3 is 0 Å². The zero-order chi connectivity index (χ0) is 20.3. The summed E-state index contributed by atoms with van der Waals surface area (Å²) in [6.07, 6.45) is -0.218. The second-order valence-electron chi connectivity index (χ2n) is 6.29. The first kappa shape index (κ1) is 19.7. The molecule has 1 heterocycles. The van der Waals surface area contributed by atoms with Crippen LogP contribution >= 0.6 is 0 Å². The molecule has 8 nitrogen and oxygen atoms in total. The van der Waals surface area contributed by atoms with Gasteiger partial charge in [-0.05, 0) is 42.8 Å². The molecule has 0 aliphatic carbocycles. The van der Waals surface area contributed by atoms with Crippen LogP contribution in [0.15, 0.2) is 53.4 Å². The standard InChI is InChI=1S/C19H21N3O5S/c1-2-11-21-19(24)17-12-22(15-5-3-4-6-16(15)27-17)28(25,26)14-9-7-13(8-10-14)18(20)23/h3-10,17H,2,11-12H2,1H3,(H2,20,23)(H,21,24). The summed E-state index contributed by atoms with van der Waals surface area (Å²) < 4.78 is 33.3. The molecular weight excluding hydrogens is 382 g/mol. The molecule has 1 unspecified atom stereocenters. The summed E-state index contributed by atoms with van der Waals surface area (Å²) in [6.45, 7) is 2.23. The highest BCUT2D eigenvalue weighted by Gasteiger charge is 2.37. The Labute approximate surface area is 163 Å². The number of carbonyl (C=O) groups excluding carboxylic acids is 2. The van der Waals surface area contributed by atoms with Crippen molar-refractivity contribution in [2.24, 2.45) is 5.73 Å². The summed E-state index contributed by atoms with van der Waals surface area (Å²) in [5.41, 5.74) is 5.77. The molecule has 2 amide bonds. The van der Waals surface area contributed by atoms with Crippen molar-refractivity contribution in [2.75, 3.05) is 17.4 Å². The van der Waals surface area contributed by atoms with Crippen LogP contribution in [-0.2, 0) is 14.8 Å². The number of fused-ring (bicyclic) bond motifs is 1. The highest BCUT2D eigenvalue weighted by atomic mass is 32.2. The molecule has 0 fully saturated rings. The number of ether oxygens (including phenoxy) is 1. The van der Waals surface area contributed by atoms with E-state index in [0.717, 1.165) is 10.7 Å². The largest absolute Gasteiger partial charge is 0.476 e. The van der Waals surface area contributed by atoms with Crippen LogP contribution in [0.2, 0.25) is 0 Å². The minimum absolute atomic E-state index is 0.0121. The Morgan fingerprint density at radius 2 is 1.86 bits per heavy atom. The normalized spacial score (nSPS) is 16.0. The number of anilines is 1. The Morgan fingerprint density at radius 1 is 1.18 bits per heavy atom. The van der Waals surface area contributed by atoms with Crippen molar-refractivity contribution in [3.8, 4) is 5.75 Å². The summed E-state index contributed by atoms with van der Waals surface area (Å²) in [6, 6.07) is 12.0. The van der Waals surface area contributed by atoms with Crippen LogP contribution in [0.1, 0.15) is 23.7 Å². The highest BCUT2D eigenvalue weighted by molar-refractivity contribution is 7.92. The topological polar surface area (TPSA) is 119 Å². The Kier molecular flexibility index (Phi) is 5.55. The van der Waals surface area contributed by atoms with E-state index in [4.69, 9.17) is 10.5 Å². The number of hydrogen-bond acceptors (Lipinski definition) is 5. The van der Waals surface area contributed by atoms with Gasteiger partial charge in [0.05, 0.1) is 17.1 Å². The predicted molar refractivity (Wildman–Crippen MR) is 104 cm³/mol. The van der Waals surface area contributed by atoms with Gasteiger partial charge in [0.15, 0.2) is 6.10 Å². The first-order chi connectivity index (χ1) is 13.3. The Morgan fingerprint density at radius 3 is 2.50 bits per heavy atom. The molecule has 0 saturated carbocycles. The van der Waals surface area contributed by atoms with Crippen molar-refractivity contribution in [3.63, 3.8) is 0 Å². The monoisotopic (exact) mass is 403 g/mol. The molecule has 9 heteroatoms. The first-order valence-corrected chi connectivity index (χ1v) is 10.2. The van der Waals surface area contributed by atoms with Crippen molar-refractivity contribution in [1.82, 2.24) is 5.32 Å². The van der Waals surface area contributed by atoms with E-state index >= 15 is 0 Å². The number of nitrogens with zero attached hydrogens (tertiary/aromatic N) is 1. The molecule has 1 atom stereocenters. The zero-order valence-electron chi connectivity index (χ0n) is 15.3. The minimum Gasteiger partial charge on any atom is -0.476 e. The number of primary amides is 1. The molecule has 2 aromatic carbocycles. The van der Waals surface area contributed by atoms with Gasteiger partial charge in [0.1, 0.15) is 5.75 Å². The van der Waals surface area contributed by atoms with E-state index in [9.17, 15) is 18.0 Å². The van der Waals surface area contributed by atoms with Crippen molar-refractivity contribution >= 4 is 27.5 Å². The fourth-order valence-electron chi connectivity index (χ4n) is 2.85. The van der Waals surface area contributed by atoms with E-state index in [2.05, 4.69) is 5.32 Å². The van der Waals surface area contributed by atoms with Crippen molar-refractivity contribution in [3.05, 3.63) is 54.1 Å². The molecule has 0 radical (unpaired) electrons. The third kappa shape index (κ3) is 3.79. The van der Waals surface area contributed by atoms with Gasteiger partial charge in [-0.2, -0.15) is 0 Å². The molecule has 0 spiro atoms. The Bertz CT molecular complexity index is 989. The lowest BCUT2D eigenvalue weighted by Crippen LogP contribution is -2.50. The number of benzene rings is 2. The van der Waals surface area contributed by atoms with Gasteiger partial charge in [0.25, 0.3) is 15.9 Å². The Balaban J connectivity index is 1.98. The van der Waals surface area contributed by atoms with Crippen LogP contribution in [0.5, 0.6) is 5.75 Å². The van der Waals surface area contributed by atoms with Crippen molar-refractivity contribution < 1.29 is 22.7 Å². The fraction of sp³-hybridized carbons (Fsp3) is 0.263. The number of hydrogen-bond donors (Lipinski definition) is 2. The minimum atomic E-state index is -3.98. The lowest BCUT2D eigenvalue weighted by atomic mass is 10.2. The molecule has 0 aromatic heterocycles. The molecule has 3 N–H and O–H groups in total. The van der Waals surface area contributed by atoms with E-state index in [-0.39, 0.29) is 22.9 Å². The van der Waals surface area contributed by atoms with Crippen molar-refractivity contribution in [2.45, 2.75) is 24.3 Å². The van der Waals surface area contributed by atoms with E-state index in [1.807, 2.05) is 6.92 Å². The second-order valence-corrected chi connectivity index (χ2v) is 8.15. The fourth-order valence-corrected chi connectivity index (χ4v) is 4.32. The summed E-state index contributed by atoms with van der Waals surface area (Å²) in [5.74, 6) is -0.711. The molecule has 0 saturated heterocycles. The predicted octanol–water partition coefficient (Wildman–Crippen LogP) is 1.27. The SMILES string of the molecule is CCCNC(=O)C1CN(S(=O)(=O)c2ccc(C(N)=O)cc2)c2ccccc2O1. The third-order valence-electron chi connectivity index (χ3n) is 4.30. The second kappa shape index (κ2) is 7.89. The van der Waals surface area contributed by atoms with Crippen LogP contribution in [-0.4, -0.2) is 39.4 Å². The third-order valence-corrected chi connectivity index (χ3v) is 6.10. The number of nitrogens with two attached hydrogens (primary N) is 1. The van der Waals surface area contributed by atoms with Crippen LogP contribution in [0.3, 0.4) is 0 Å². The van der Waals surface area contributed by atoms with Gasteiger partial charge in [0.2, 0.25) is 5.91 Å². The van der Waals surface area contributed by atoms with E-state index in [1.54, 1.807) is 24.3 Å². The van der Waals surface area contributed by atoms with Crippen LogP contribution < -0.4 is 20.1 Å². The molecule has 3 rings (SSSR count). The number of amides is 2. The number of rotatable bonds is 6. The summed E-state index contributed by atoms with van der Waals surface area (Å²) in [5, 5.41) is 2.73. The molecule has 148 valence electrons. The van der Waals surface area contributed by atoms with Crippen molar-refractivity contribution in [1.29, 1.82) is 0 Å². The maximum atomic E-state index is 13.2. The summed E-state index contributed by atoms with van der Waals surface area (Å²) >= 11 is 0. The van der Waals surface area contributed by atoms with E-state index in [1.165, 1.54) is 24.3 Å². The maximum absolute atomic E-state index is 13.2. The highest BCUT2D eigenvalue weighted by Crippen LogP contribution is 2.36. The van der Waals surface area contributed by atoms with Gasteiger partial charge in [-0.15, -0.1) is 0 Å². The smallest absolute Gasteiger partial charge is 0.264 e. The van der Waals surface area contributed by atoms with Crippen LogP contribution in [0, 0.1) is 0 Å². The van der Waals surface area contributed by atoms with E-state index in [0.29, 0.717) is 18.0 Å². The van der Waals surface area contributed by atoms with Gasteiger partial charge in [0, 0.05) is 12.1 Å². The number of nitrogens with one attached hydrogen (secondary N) is 1. The van der Waals surface area contributed by atoms with Gasteiger partial charge in [-0.25, -0.2) is 8.42 Å². The van der Waals surface area contributed by atoms with Gasteiger partial charge < -0.3 is 15.8 Å². The van der Waals surface area contributed by atoms with E-state index < -0.39 is 22.0 Å². The van der Waals surface area contributed by atoms with Crippen LogP contribution in [0.25, 0.3) is 0 Å². The number of para-hydroxylation sites is 2. The average molecular weight is 403 g/mol. The number of sulfonamides is 1. The zero-order valence-corrected chi connectivity index (χ0v) is 16.1. The summed E-state index contributed by atoms with van der Waals surface area (Å²) in [7, 11) is -3.98. The molecule has 0 bridgehead atoms. The maximum Gasteiger partial charge on any atom is 0.264 e. The lowest BCUT2D eigenvalue weighted by molar-refractivity contribution is -0.127.